The van der Waals surface area contributed by atoms with Crippen molar-refractivity contribution in [1.82, 2.24) is 4.90 Å². The van der Waals surface area contributed by atoms with E-state index in [9.17, 15) is 0 Å². The van der Waals surface area contributed by atoms with Crippen LogP contribution < -0.4 is 5.73 Å². The molecule has 0 aromatic heterocycles. The molecule has 0 fully saturated rings. The van der Waals surface area contributed by atoms with Gasteiger partial charge in [-0.1, -0.05) is 26.2 Å². The first-order chi connectivity index (χ1) is 6.33. The predicted molar refractivity (Wildman–Crippen MR) is 56.5 cm³/mol. The predicted octanol–water partition coefficient (Wildman–Crippen LogP) is 1.71. The van der Waals surface area contributed by atoms with E-state index < -0.39 is 0 Å². The van der Waals surface area contributed by atoms with Crippen LogP contribution >= 0.6 is 0 Å². The van der Waals surface area contributed by atoms with Gasteiger partial charge in [-0.05, 0) is 12.5 Å². The lowest BCUT2D eigenvalue weighted by atomic mass is 10.2. The second-order valence-electron chi connectivity index (χ2n) is 3.41. The summed E-state index contributed by atoms with van der Waals surface area (Å²) < 4.78 is 0. The number of nitrogens with two attached hydrogens (primary N) is 1. The second-order valence-corrected chi connectivity index (χ2v) is 3.41. The van der Waals surface area contributed by atoms with Crippen LogP contribution in [0.1, 0.15) is 32.6 Å². The van der Waals surface area contributed by atoms with Gasteiger partial charge in [0.1, 0.15) is 12.5 Å². The topological polar surface area (TPSA) is 41.6 Å². The standard InChI is InChI=1S/C10H19N3/c1-2-3-4-5-7-13-8-6-10(11)12-9-13/h6,8H,2-5,7,9H2,1H3,(H2,11,12). The molecule has 0 radical (unpaired) electrons. The maximum atomic E-state index is 5.51. The van der Waals surface area contributed by atoms with Gasteiger partial charge >= 0.3 is 0 Å². The second kappa shape index (κ2) is 5.62. The molecule has 0 saturated carbocycles. The van der Waals surface area contributed by atoms with Crippen LogP contribution in [0.15, 0.2) is 17.3 Å². The normalized spacial score (nSPS) is 16.1. The maximum Gasteiger partial charge on any atom is 0.121 e. The van der Waals surface area contributed by atoms with E-state index in [2.05, 4.69) is 16.8 Å². The lowest BCUT2D eigenvalue weighted by molar-refractivity contribution is 0.370. The lowest BCUT2D eigenvalue weighted by Crippen LogP contribution is -2.25. The van der Waals surface area contributed by atoms with Crippen molar-refractivity contribution in [2.45, 2.75) is 32.6 Å². The Bertz CT molecular complexity index is 196. The summed E-state index contributed by atoms with van der Waals surface area (Å²) in [5, 5.41) is 0. The molecule has 3 heteroatoms. The molecule has 3 nitrogen and oxygen atoms in total. The zero-order valence-corrected chi connectivity index (χ0v) is 8.37. The highest BCUT2D eigenvalue weighted by Crippen LogP contribution is 2.03. The Kier molecular flexibility index (Phi) is 4.36. The number of hydrogen-bond acceptors (Lipinski definition) is 3. The molecule has 0 aliphatic carbocycles. The molecular weight excluding hydrogens is 162 g/mol. The van der Waals surface area contributed by atoms with Crippen LogP contribution in [0.2, 0.25) is 0 Å². The fourth-order valence-electron chi connectivity index (χ4n) is 1.34. The molecule has 1 aliphatic heterocycles. The summed E-state index contributed by atoms with van der Waals surface area (Å²) >= 11 is 0. The molecule has 0 spiro atoms. The van der Waals surface area contributed by atoms with E-state index in [1.165, 1.54) is 25.7 Å². The summed E-state index contributed by atoms with van der Waals surface area (Å²) in [5.41, 5.74) is 5.51. The van der Waals surface area contributed by atoms with Crippen molar-refractivity contribution in [1.29, 1.82) is 0 Å². The zero-order valence-electron chi connectivity index (χ0n) is 8.37. The molecule has 13 heavy (non-hydrogen) atoms. The minimum absolute atomic E-state index is 0.643. The van der Waals surface area contributed by atoms with Gasteiger partial charge in [-0.25, -0.2) is 4.99 Å². The highest BCUT2D eigenvalue weighted by molar-refractivity contribution is 5.91. The molecule has 74 valence electrons. The Hall–Kier alpha value is -0.990. The first-order valence-corrected chi connectivity index (χ1v) is 5.05. The van der Waals surface area contributed by atoms with Gasteiger partial charge in [0.15, 0.2) is 0 Å². The number of rotatable bonds is 5. The van der Waals surface area contributed by atoms with Gasteiger partial charge in [0.25, 0.3) is 0 Å². The summed E-state index contributed by atoms with van der Waals surface area (Å²) in [6, 6.07) is 0. The zero-order chi connectivity index (χ0) is 9.52. The van der Waals surface area contributed by atoms with Crippen LogP contribution in [0, 0.1) is 0 Å². The van der Waals surface area contributed by atoms with Gasteiger partial charge in [0, 0.05) is 12.7 Å². The Balaban J connectivity index is 2.07. The Morgan fingerprint density at radius 2 is 2.31 bits per heavy atom. The van der Waals surface area contributed by atoms with Crippen LogP contribution in [0.5, 0.6) is 0 Å². The van der Waals surface area contributed by atoms with Gasteiger partial charge in [-0.15, -0.1) is 0 Å². The third-order valence-corrected chi connectivity index (χ3v) is 2.19. The number of hydrogen-bond donors (Lipinski definition) is 1. The molecular formula is C10H19N3. The largest absolute Gasteiger partial charge is 0.384 e. The number of aliphatic imine (C=N–C) groups is 1. The van der Waals surface area contributed by atoms with Crippen molar-refractivity contribution in [3.63, 3.8) is 0 Å². The molecule has 2 N–H and O–H groups in total. The average molecular weight is 181 g/mol. The Labute approximate surface area is 80.3 Å². The van der Waals surface area contributed by atoms with Crippen LogP contribution in [0.4, 0.5) is 0 Å². The summed E-state index contributed by atoms with van der Waals surface area (Å²) in [6.45, 7) is 4.06. The Morgan fingerprint density at radius 1 is 1.46 bits per heavy atom. The van der Waals surface area contributed by atoms with Gasteiger partial charge < -0.3 is 10.6 Å². The van der Waals surface area contributed by atoms with Crippen molar-refractivity contribution in [3.05, 3.63) is 12.3 Å². The van der Waals surface area contributed by atoms with Crippen LogP contribution in [-0.4, -0.2) is 23.9 Å². The summed E-state index contributed by atoms with van der Waals surface area (Å²) in [7, 11) is 0. The van der Waals surface area contributed by atoms with Gasteiger partial charge in [0.2, 0.25) is 0 Å². The molecule has 0 aromatic carbocycles. The molecule has 1 heterocycles. The van der Waals surface area contributed by atoms with E-state index in [-0.39, 0.29) is 0 Å². The molecule has 0 bridgehead atoms. The summed E-state index contributed by atoms with van der Waals surface area (Å²) in [4.78, 5) is 6.34. The molecule has 1 rings (SSSR count). The third kappa shape index (κ3) is 3.97. The van der Waals surface area contributed by atoms with E-state index in [1.54, 1.807) is 0 Å². The highest BCUT2D eigenvalue weighted by atomic mass is 15.2. The smallest absolute Gasteiger partial charge is 0.121 e. The first kappa shape index (κ1) is 10.1. The minimum atomic E-state index is 0.643. The molecule has 0 atom stereocenters. The monoisotopic (exact) mass is 181 g/mol. The van der Waals surface area contributed by atoms with E-state index in [0.29, 0.717) is 5.84 Å². The van der Waals surface area contributed by atoms with Crippen molar-refractivity contribution in [2.24, 2.45) is 10.7 Å². The van der Waals surface area contributed by atoms with Gasteiger partial charge in [0.05, 0.1) is 0 Å². The molecule has 1 aliphatic rings. The Morgan fingerprint density at radius 3 is 2.92 bits per heavy atom. The summed E-state index contributed by atoms with van der Waals surface area (Å²) in [5.74, 6) is 0.643. The van der Waals surface area contributed by atoms with E-state index >= 15 is 0 Å². The number of unbranched alkanes of at least 4 members (excludes halogenated alkanes) is 3. The molecule has 0 aromatic rings. The van der Waals surface area contributed by atoms with Gasteiger partial charge in [-0.2, -0.15) is 0 Å². The fraction of sp³-hybridized carbons (Fsp3) is 0.700. The van der Waals surface area contributed by atoms with Crippen molar-refractivity contribution in [3.8, 4) is 0 Å². The number of nitrogens with zero attached hydrogens (tertiary/aromatic N) is 2. The van der Waals surface area contributed by atoms with Crippen LogP contribution in [0.25, 0.3) is 0 Å². The lowest BCUT2D eigenvalue weighted by Gasteiger charge is -2.20. The molecule has 0 saturated heterocycles. The van der Waals surface area contributed by atoms with Crippen molar-refractivity contribution in [2.75, 3.05) is 13.2 Å². The first-order valence-electron chi connectivity index (χ1n) is 5.05. The minimum Gasteiger partial charge on any atom is -0.384 e. The SMILES string of the molecule is CCCCCCN1C=CC(N)=NC1. The van der Waals surface area contributed by atoms with Gasteiger partial charge in [-0.3, -0.25) is 0 Å². The van der Waals surface area contributed by atoms with E-state index in [1.807, 2.05) is 12.3 Å². The van der Waals surface area contributed by atoms with E-state index in [0.717, 1.165) is 13.2 Å². The highest BCUT2D eigenvalue weighted by Gasteiger charge is 2.01. The maximum absolute atomic E-state index is 5.51. The van der Waals surface area contributed by atoms with Crippen molar-refractivity contribution < 1.29 is 0 Å². The van der Waals surface area contributed by atoms with Crippen LogP contribution in [0.3, 0.4) is 0 Å². The fourth-order valence-corrected chi connectivity index (χ4v) is 1.34. The quantitative estimate of drug-likeness (QED) is 0.656. The molecule has 0 unspecified atom stereocenters. The molecule has 0 amide bonds. The third-order valence-electron chi connectivity index (χ3n) is 2.19. The van der Waals surface area contributed by atoms with E-state index in [4.69, 9.17) is 5.73 Å². The van der Waals surface area contributed by atoms with Crippen molar-refractivity contribution >= 4 is 5.84 Å². The average Bonchev–Trinajstić information content (AvgIpc) is 2.15. The number of amidine groups is 1. The van der Waals surface area contributed by atoms with Crippen LogP contribution in [-0.2, 0) is 0 Å². The summed E-state index contributed by atoms with van der Waals surface area (Å²) in [6.07, 6.45) is 9.11.